The van der Waals surface area contributed by atoms with Crippen LogP contribution in [0.15, 0.2) is 54.7 Å². The van der Waals surface area contributed by atoms with Crippen LogP contribution in [0.2, 0.25) is 0 Å². The molecule has 5 heteroatoms. The van der Waals surface area contributed by atoms with Crippen LogP contribution in [0.4, 0.5) is 17.2 Å². The molecule has 3 rings (SSSR count). The van der Waals surface area contributed by atoms with Gasteiger partial charge in [-0.1, -0.05) is 29.8 Å². The highest BCUT2D eigenvalue weighted by atomic mass is 16.6. The third-order valence-corrected chi connectivity index (χ3v) is 3.29. The summed E-state index contributed by atoms with van der Waals surface area (Å²) >= 11 is 0. The third kappa shape index (κ3) is 2.53. The van der Waals surface area contributed by atoms with Gasteiger partial charge in [0.15, 0.2) is 0 Å². The molecule has 3 aromatic rings. The Morgan fingerprint density at radius 3 is 2.52 bits per heavy atom. The van der Waals surface area contributed by atoms with Crippen molar-refractivity contribution in [1.82, 2.24) is 4.98 Å². The Balaban J connectivity index is 2.09. The first-order valence-corrected chi connectivity index (χ1v) is 6.51. The van der Waals surface area contributed by atoms with Crippen molar-refractivity contribution in [1.29, 1.82) is 0 Å². The lowest BCUT2D eigenvalue weighted by molar-refractivity contribution is -0.383. The van der Waals surface area contributed by atoms with E-state index in [9.17, 15) is 10.1 Å². The van der Waals surface area contributed by atoms with Gasteiger partial charge in [-0.2, -0.15) is 0 Å². The zero-order valence-corrected chi connectivity index (χ0v) is 11.4. The van der Waals surface area contributed by atoms with E-state index in [-0.39, 0.29) is 10.6 Å². The van der Waals surface area contributed by atoms with Crippen molar-refractivity contribution < 1.29 is 4.92 Å². The Morgan fingerprint density at radius 1 is 1.05 bits per heavy atom. The van der Waals surface area contributed by atoms with Gasteiger partial charge in [-0.05, 0) is 25.1 Å². The molecule has 0 unspecified atom stereocenters. The quantitative estimate of drug-likeness (QED) is 0.576. The number of fused-ring (bicyclic) bond motifs is 1. The van der Waals surface area contributed by atoms with Crippen LogP contribution in [0.25, 0.3) is 10.8 Å². The number of rotatable bonds is 3. The van der Waals surface area contributed by atoms with E-state index in [0.29, 0.717) is 11.2 Å². The fourth-order valence-corrected chi connectivity index (χ4v) is 2.22. The average molecular weight is 279 g/mol. The predicted octanol–water partition coefficient (Wildman–Crippen LogP) is 4.20. The third-order valence-electron chi connectivity index (χ3n) is 3.29. The first-order chi connectivity index (χ1) is 10.1. The first kappa shape index (κ1) is 13.1. The van der Waals surface area contributed by atoms with Gasteiger partial charge in [0.2, 0.25) is 0 Å². The molecular weight excluding hydrogens is 266 g/mol. The molecule has 0 aliphatic rings. The summed E-state index contributed by atoms with van der Waals surface area (Å²) in [6, 6.07) is 14.5. The topological polar surface area (TPSA) is 68.1 Å². The van der Waals surface area contributed by atoms with Crippen LogP contribution in [0.3, 0.4) is 0 Å². The molecule has 21 heavy (non-hydrogen) atoms. The summed E-state index contributed by atoms with van der Waals surface area (Å²) in [6.07, 6.45) is 1.58. The molecule has 0 amide bonds. The number of anilines is 2. The molecule has 0 fully saturated rings. The number of aryl methyl sites for hydroxylation is 1. The van der Waals surface area contributed by atoms with Crippen molar-refractivity contribution in [3.8, 4) is 0 Å². The SMILES string of the molecule is Cc1ccc(Nc2nccc3c([N+](=O)[O-])cccc23)cc1. The van der Waals surface area contributed by atoms with E-state index in [1.54, 1.807) is 18.3 Å². The van der Waals surface area contributed by atoms with E-state index in [1.807, 2.05) is 37.3 Å². The van der Waals surface area contributed by atoms with E-state index in [4.69, 9.17) is 0 Å². The summed E-state index contributed by atoms with van der Waals surface area (Å²) in [5.41, 5.74) is 2.15. The highest BCUT2D eigenvalue weighted by molar-refractivity contribution is 5.98. The van der Waals surface area contributed by atoms with Crippen molar-refractivity contribution in [3.63, 3.8) is 0 Å². The van der Waals surface area contributed by atoms with E-state index in [2.05, 4.69) is 10.3 Å². The molecule has 2 aromatic carbocycles. The van der Waals surface area contributed by atoms with Gasteiger partial charge >= 0.3 is 0 Å². The van der Waals surface area contributed by atoms with Gasteiger partial charge in [0.1, 0.15) is 5.82 Å². The fourth-order valence-electron chi connectivity index (χ4n) is 2.22. The van der Waals surface area contributed by atoms with E-state index in [1.165, 1.54) is 11.6 Å². The second-order valence-electron chi connectivity index (χ2n) is 4.78. The summed E-state index contributed by atoms with van der Waals surface area (Å²) in [5, 5.41) is 15.6. The number of nitrogens with zero attached hydrogens (tertiary/aromatic N) is 2. The minimum Gasteiger partial charge on any atom is -0.340 e. The number of pyridine rings is 1. The summed E-state index contributed by atoms with van der Waals surface area (Å²) in [5.74, 6) is 0.611. The second kappa shape index (κ2) is 5.20. The van der Waals surface area contributed by atoms with Gasteiger partial charge in [-0.15, -0.1) is 0 Å². The van der Waals surface area contributed by atoms with Crippen molar-refractivity contribution in [2.45, 2.75) is 6.92 Å². The second-order valence-corrected chi connectivity index (χ2v) is 4.78. The van der Waals surface area contributed by atoms with Gasteiger partial charge in [0, 0.05) is 23.3 Å². The highest BCUT2D eigenvalue weighted by Gasteiger charge is 2.13. The number of nitro groups is 1. The van der Waals surface area contributed by atoms with Crippen LogP contribution < -0.4 is 5.32 Å². The number of hydrogen-bond donors (Lipinski definition) is 1. The van der Waals surface area contributed by atoms with Gasteiger partial charge in [-0.25, -0.2) is 4.98 Å². The highest BCUT2D eigenvalue weighted by Crippen LogP contribution is 2.30. The van der Waals surface area contributed by atoms with E-state index in [0.717, 1.165) is 11.1 Å². The lowest BCUT2D eigenvalue weighted by atomic mass is 10.1. The van der Waals surface area contributed by atoms with Crippen LogP contribution in [0.1, 0.15) is 5.56 Å². The molecule has 0 radical (unpaired) electrons. The summed E-state index contributed by atoms with van der Waals surface area (Å²) in [6.45, 7) is 2.02. The van der Waals surface area contributed by atoms with Gasteiger partial charge in [-0.3, -0.25) is 10.1 Å². The standard InChI is InChI=1S/C16H13N3O2/c1-11-5-7-12(8-6-11)18-16-14-3-2-4-15(19(20)21)13(14)9-10-17-16/h2-10H,1H3,(H,17,18). The number of hydrogen-bond acceptors (Lipinski definition) is 4. The van der Waals surface area contributed by atoms with Crippen molar-refractivity contribution >= 4 is 28.0 Å². The van der Waals surface area contributed by atoms with Crippen LogP contribution in [-0.4, -0.2) is 9.91 Å². The zero-order chi connectivity index (χ0) is 14.8. The molecule has 0 saturated carbocycles. The van der Waals surface area contributed by atoms with Crippen LogP contribution in [0.5, 0.6) is 0 Å². The molecular formula is C16H13N3O2. The molecule has 1 heterocycles. The minimum absolute atomic E-state index is 0.0851. The first-order valence-electron chi connectivity index (χ1n) is 6.51. The Hall–Kier alpha value is -2.95. The molecule has 104 valence electrons. The molecule has 0 aliphatic carbocycles. The van der Waals surface area contributed by atoms with E-state index < -0.39 is 0 Å². The maximum Gasteiger partial charge on any atom is 0.277 e. The molecule has 1 N–H and O–H groups in total. The van der Waals surface area contributed by atoms with Crippen LogP contribution in [-0.2, 0) is 0 Å². The van der Waals surface area contributed by atoms with Crippen LogP contribution in [0, 0.1) is 17.0 Å². The molecule has 0 aliphatic heterocycles. The molecule has 1 aromatic heterocycles. The average Bonchev–Trinajstić information content (AvgIpc) is 2.49. The van der Waals surface area contributed by atoms with Crippen molar-refractivity contribution in [3.05, 3.63) is 70.4 Å². The fraction of sp³-hybridized carbons (Fsp3) is 0.0625. The van der Waals surface area contributed by atoms with Gasteiger partial charge in [0.25, 0.3) is 5.69 Å². The molecule has 0 bridgehead atoms. The summed E-state index contributed by atoms with van der Waals surface area (Å²) in [4.78, 5) is 15.0. The lowest BCUT2D eigenvalue weighted by Crippen LogP contribution is -1.96. The summed E-state index contributed by atoms with van der Waals surface area (Å²) < 4.78 is 0. The lowest BCUT2D eigenvalue weighted by Gasteiger charge is -2.09. The minimum atomic E-state index is -0.377. The number of nitro benzene ring substituents is 1. The largest absolute Gasteiger partial charge is 0.340 e. The summed E-state index contributed by atoms with van der Waals surface area (Å²) in [7, 11) is 0. The molecule has 0 saturated heterocycles. The number of nitrogens with one attached hydrogen (secondary N) is 1. The molecule has 0 atom stereocenters. The maximum atomic E-state index is 11.1. The van der Waals surface area contributed by atoms with Crippen LogP contribution >= 0.6 is 0 Å². The number of aromatic nitrogens is 1. The normalized spacial score (nSPS) is 10.5. The zero-order valence-electron chi connectivity index (χ0n) is 11.4. The number of benzene rings is 2. The Kier molecular flexibility index (Phi) is 3.23. The Bertz CT molecular complexity index is 813. The van der Waals surface area contributed by atoms with Gasteiger partial charge < -0.3 is 5.32 Å². The Labute approximate surface area is 121 Å². The number of non-ortho nitro benzene ring substituents is 1. The monoisotopic (exact) mass is 279 g/mol. The predicted molar refractivity (Wildman–Crippen MR) is 82.9 cm³/mol. The smallest absolute Gasteiger partial charge is 0.277 e. The van der Waals surface area contributed by atoms with Crippen molar-refractivity contribution in [2.24, 2.45) is 0 Å². The van der Waals surface area contributed by atoms with Gasteiger partial charge in [0.05, 0.1) is 10.3 Å². The molecule has 5 nitrogen and oxygen atoms in total. The van der Waals surface area contributed by atoms with E-state index >= 15 is 0 Å². The molecule has 0 spiro atoms. The Morgan fingerprint density at radius 2 is 1.81 bits per heavy atom. The van der Waals surface area contributed by atoms with Crippen molar-refractivity contribution in [2.75, 3.05) is 5.32 Å². The maximum absolute atomic E-state index is 11.1.